The normalized spacial score (nSPS) is 10.0. The van der Waals surface area contributed by atoms with Crippen molar-refractivity contribution in [2.45, 2.75) is 13.8 Å². The number of para-hydroxylation sites is 1. The molecule has 0 amide bonds. The van der Waals surface area contributed by atoms with Gasteiger partial charge in [0.2, 0.25) is 0 Å². The van der Waals surface area contributed by atoms with E-state index in [4.69, 9.17) is 0 Å². The van der Waals surface area contributed by atoms with Crippen LogP contribution in [0.15, 0.2) is 42.6 Å². The second kappa shape index (κ2) is 4.13. The first-order chi connectivity index (χ1) is 7.27. The van der Waals surface area contributed by atoms with Crippen molar-refractivity contribution in [2.75, 3.05) is 5.32 Å². The van der Waals surface area contributed by atoms with Crippen LogP contribution in [0.4, 0.5) is 11.4 Å². The van der Waals surface area contributed by atoms with Crippen LogP contribution in [-0.4, -0.2) is 4.98 Å². The molecule has 2 heteroatoms. The lowest BCUT2D eigenvalue weighted by molar-refractivity contribution is 1.18. The van der Waals surface area contributed by atoms with E-state index in [0.29, 0.717) is 0 Å². The van der Waals surface area contributed by atoms with Crippen LogP contribution in [0.5, 0.6) is 0 Å². The van der Waals surface area contributed by atoms with Gasteiger partial charge in [-0.1, -0.05) is 18.2 Å². The predicted octanol–water partition coefficient (Wildman–Crippen LogP) is 3.44. The van der Waals surface area contributed by atoms with Gasteiger partial charge in [0.05, 0.1) is 11.4 Å². The number of hydrogen-bond donors (Lipinski definition) is 1. The number of rotatable bonds is 2. The Bertz CT molecular complexity index is 429. The van der Waals surface area contributed by atoms with Crippen LogP contribution in [0, 0.1) is 13.8 Å². The second-order valence-corrected chi connectivity index (χ2v) is 3.58. The zero-order valence-corrected chi connectivity index (χ0v) is 8.99. The molecule has 0 aliphatic carbocycles. The fraction of sp³-hybridized carbons (Fsp3) is 0.154. The first-order valence-electron chi connectivity index (χ1n) is 5.01. The molecule has 0 saturated heterocycles. The average Bonchev–Trinajstić information content (AvgIpc) is 2.25. The summed E-state index contributed by atoms with van der Waals surface area (Å²) in [4.78, 5) is 4.27. The number of benzene rings is 1. The summed E-state index contributed by atoms with van der Waals surface area (Å²) in [5.74, 6) is 0. The van der Waals surface area contributed by atoms with E-state index in [1.807, 2.05) is 49.5 Å². The molecule has 2 aromatic rings. The Balaban J connectivity index is 2.32. The molecule has 1 aromatic carbocycles. The van der Waals surface area contributed by atoms with E-state index >= 15 is 0 Å². The molecular weight excluding hydrogens is 184 g/mol. The summed E-state index contributed by atoms with van der Waals surface area (Å²) in [5, 5.41) is 3.38. The second-order valence-electron chi connectivity index (χ2n) is 3.58. The van der Waals surface area contributed by atoms with Gasteiger partial charge in [-0.3, -0.25) is 4.98 Å². The van der Waals surface area contributed by atoms with Crippen molar-refractivity contribution in [2.24, 2.45) is 0 Å². The van der Waals surface area contributed by atoms with Gasteiger partial charge >= 0.3 is 0 Å². The molecule has 0 aliphatic heterocycles. The third-order valence-corrected chi connectivity index (χ3v) is 2.39. The number of anilines is 2. The summed E-state index contributed by atoms with van der Waals surface area (Å²) >= 11 is 0. The van der Waals surface area contributed by atoms with E-state index in [0.717, 1.165) is 17.1 Å². The summed E-state index contributed by atoms with van der Waals surface area (Å²) in [7, 11) is 0. The zero-order chi connectivity index (χ0) is 10.7. The molecule has 76 valence electrons. The van der Waals surface area contributed by atoms with Crippen LogP contribution in [0.2, 0.25) is 0 Å². The molecule has 2 rings (SSSR count). The Morgan fingerprint density at radius 2 is 1.73 bits per heavy atom. The first-order valence-corrected chi connectivity index (χ1v) is 5.01. The van der Waals surface area contributed by atoms with Gasteiger partial charge in [-0.05, 0) is 37.6 Å². The van der Waals surface area contributed by atoms with Gasteiger partial charge in [-0.15, -0.1) is 0 Å². The van der Waals surface area contributed by atoms with Crippen LogP contribution in [0.25, 0.3) is 0 Å². The summed E-state index contributed by atoms with van der Waals surface area (Å²) in [5.41, 5.74) is 4.44. The highest BCUT2D eigenvalue weighted by molar-refractivity contribution is 5.64. The lowest BCUT2D eigenvalue weighted by Gasteiger charge is -2.11. The van der Waals surface area contributed by atoms with Gasteiger partial charge in [0.15, 0.2) is 0 Å². The summed E-state index contributed by atoms with van der Waals surface area (Å²) in [6.07, 6.45) is 1.83. The standard InChI is InChI=1S/C13H14N2/c1-10-8-9-14-11(2)13(10)15-12-6-4-3-5-7-12/h3-9,15H,1-2H3. The molecule has 1 heterocycles. The largest absolute Gasteiger partial charge is 0.354 e. The predicted molar refractivity (Wildman–Crippen MR) is 63.4 cm³/mol. The van der Waals surface area contributed by atoms with Crippen molar-refractivity contribution < 1.29 is 0 Å². The highest BCUT2D eigenvalue weighted by Crippen LogP contribution is 2.22. The van der Waals surface area contributed by atoms with Crippen molar-refractivity contribution >= 4 is 11.4 Å². The van der Waals surface area contributed by atoms with Gasteiger partial charge in [-0.2, -0.15) is 0 Å². The lowest BCUT2D eigenvalue weighted by atomic mass is 10.2. The molecule has 0 atom stereocenters. The molecule has 0 bridgehead atoms. The Morgan fingerprint density at radius 1 is 1.00 bits per heavy atom. The van der Waals surface area contributed by atoms with Crippen molar-refractivity contribution in [3.8, 4) is 0 Å². The first kappa shape index (κ1) is 9.71. The van der Waals surface area contributed by atoms with E-state index in [1.54, 1.807) is 0 Å². The summed E-state index contributed by atoms with van der Waals surface area (Å²) in [6, 6.07) is 12.1. The smallest absolute Gasteiger partial charge is 0.0630 e. The van der Waals surface area contributed by atoms with Gasteiger partial charge < -0.3 is 5.32 Å². The number of nitrogens with zero attached hydrogens (tertiary/aromatic N) is 1. The van der Waals surface area contributed by atoms with E-state index in [9.17, 15) is 0 Å². The molecular formula is C13H14N2. The average molecular weight is 198 g/mol. The number of nitrogens with one attached hydrogen (secondary N) is 1. The Morgan fingerprint density at radius 3 is 2.40 bits per heavy atom. The third-order valence-electron chi connectivity index (χ3n) is 2.39. The maximum absolute atomic E-state index is 4.27. The van der Waals surface area contributed by atoms with Gasteiger partial charge in [-0.25, -0.2) is 0 Å². The van der Waals surface area contributed by atoms with Crippen molar-refractivity contribution in [1.82, 2.24) is 4.98 Å². The molecule has 15 heavy (non-hydrogen) atoms. The maximum atomic E-state index is 4.27. The van der Waals surface area contributed by atoms with Crippen molar-refractivity contribution in [1.29, 1.82) is 0 Å². The van der Waals surface area contributed by atoms with Gasteiger partial charge in [0.25, 0.3) is 0 Å². The molecule has 0 aliphatic rings. The lowest BCUT2D eigenvalue weighted by Crippen LogP contribution is -1.97. The minimum absolute atomic E-state index is 1.03. The van der Waals surface area contributed by atoms with Crippen molar-refractivity contribution in [3.63, 3.8) is 0 Å². The molecule has 0 saturated carbocycles. The summed E-state index contributed by atoms with van der Waals surface area (Å²) in [6.45, 7) is 4.10. The highest BCUT2D eigenvalue weighted by Gasteiger charge is 2.02. The molecule has 0 spiro atoms. The van der Waals surface area contributed by atoms with Crippen LogP contribution in [-0.2, 0) is 0 Å². The highest BCUT2D eigenvalue weighted by atomic mass is 14.9. The van der Waals surface area contributed by atoms with Crippen LogP contribution in [0.3, 0.4) is 0 Å². The molecule has 2 nitrogen and oxygen atoms in total. The maximum Gasteiger partial charge on any atom is 0.0630 e. The van der Waals surface area contributed by atoms with Gasteiger partial charge in [0.1, 0.15) is 0 Å². The van der Waals surface area contributed by atoms with E-state index < -0.39 is 0 Å². The Labute approximate surface area is 90.0 Å². The number of aryl methyl sites for hydroxylation is 2. The topological polar surface area (TPSA) is 24.9 Å². The van der Waals surface area contributed by atoms with E-state index in [1.165, 1.54) is 5.56 Å². The van der Waals surface area contributed by atoms with Crippen LogP contribution >= 0.6 is 0 Å². The number of hydrogen-bond acceptors (Lipinski definition) is 2. The minimum atomic E-state index is 1.03. The fourth-order valence-electron chi connectivity index (χ4n) is 1.55. The van der Waals surface area contributed by atoms with Crippen molar-refractivity contribution in [3.05, 3.63) is 53.9 Å². The Kier molecular flexibility index (Phi) is 2.68. The van der Waals surface area contributed by atoms with E-state index in [2.05, 4.69) is 17.2 Å². The molecule has 0 unspecified atom stereocenters. The molecule has 1 aromatic heterocycles. The number of aromatic nitrogens is 1. The summed E-state index contributed by atoms with van der Waals surface area (Å²) < 4.78 is 0. The minimum Gasteiger partial charge on any atom is -0.354 e. The SMILES string of the molecule is Cc1ccnc(C)c1Nc1ccccc1. The monoisotopic (exact) mass is 198 g/mol. The molecule has 1 N–H and O–H groups in total. The van der Waals surface area contributed by atoms with E-state index in [-0.39, 0.29) is 0 Å². The molecule has 0 radical (unpaired) electrons. The Hall–Kier alpha value is -1.83. The van der Waals surface area contributed by atoms with Crippen LogP contribution in [0.1, 0.15) is 11.3 Å². The molecule has 0 fully saturated rings. The van der Waals surface area contributed by atoms with Gasteiger partial charge in [0, 0.05) is 11.9 Å². The third kappa shape index (κ3) is 2.15. The number of pyridine rings is 1. The fourth-order valence-corrected chi connectivity index (χ4v) is 1.55. The zero-order valence-electron chi connectivity index (χ0n) is 8.99. The quantitative estimate of drug-likeness (QED) is 0.799. The van der Waals surface area contributed by atoms with Crippen LogP contribution < -0.4 is 5.32 Å².